The van der Waals surface area contributed by atoms with Crippen LogP contribution in [0.2, 0.25) is 5.02 Å². The molecule has 0 radical (unpaired) electrons. The molecule has 0 aromatic heterocycles. The first kappa shape index (κ1) is 18.2. The van der Waals surface area contributed by atoms with Gasteiger partial charge in [-0.3, -0.25) is 4.90 Å². The van der Waals surface area contributed by atoms with Crippen molar-refractivity contribution in [3.05, 3.63) is 64.4 Å². The molecule has 0 amide bonds. The predicted molar refractivity (Wildman–Crippen MR) is 100 cm³/mol. The number of halogens is 2. The molecule has 5 heteroatoms. The molecule has 0 bridgehead atoms. The minimum absolute atomic E-state index is 0.237. The van der Waals surface area contributed by atoms with Crippen LogP contribution in [0.3, 0.4) is 0 Å². The van der Waals surface area contributed by atoms with E-state index in [1.165, 1.54) is 11.6 Å². The minimum atomic E-state index is -0.284. The first-order valence-corrected chi connectivity index (χ1v) is 9.03. The second kappa shape index (κ2) is 8.17. The van der Waals surface area contributed by atoms with Crippen LogP contribution >= 0.6 is 11.6 Å². The number of nitrogens with zero attached hydrogens (tertiary/aromatic N) is 1. The molecule has 0 spiro atoms. The predicted octanol–water partition coefficient (Wildman–Crippen LogP) is 4.70. The highest BCUT2D eigenvalue weighted by Crippen LogP contribution is 2.23. The van der Waals surface area contributed by atoms with Crippen molar-refractivity contribution < 1.29 is 9.13 Å². The SMILES string of the molecule is C[C@H]1CN(Cc2ccccc2NCc2c(F)cccc2Cl)C[C@H](C)O1. The molecule has 1 aliphatic heterocycles. The first-order valence-electron chi connectivity index (χ1n) is 8.65. The number of hydrogen-bond acceptors (Lipinski definition) is 3. The van der Waals surface area contributed by atoms with E-state index < -0.39 is 0 Å². The molecule has 2 aromatic rings. The van der Waals surface area contributed by atoms with Crippen molar-refractivity contribution in [3.8, 4) is 0 Å². The summed E-state index contributed by atoms with van der Waals surface area (Å²) >= 11 is 6.12. The summed E-state index contributed by atoms with van der Waals surface area (Å²) in [4.78, 5) is 2.40. The molecule has 1 heterocycles. The van der Waals surface area contributed by atoms with Crippen LogP contribution in [-0.4, -0.2) is 30.2 Å². The van der Waals surface area contributed by atoms with Gasteiger partial charge in [-0.15, -0.1) is 0 Å². The fourth-order valence-electron chi connectivity index (χ4n) is 3.37. The fraction of sp³-hybridized carbons (Fsp3) is 0.400. The van der Waals surface area contributed by atoms with Crippen LogP contribution in [-0.2, 0) is 17.8 Å². The first-order chi connectivity index (χ1) is 12.0. The summed E-state index contributed by atoms with van der Waals surface area (Å²) in [5.41, 5.74) is 2.69. The number of para-hydroxylation sites is 1. The number of hydrogen-bond donors (Lipinski definition) is 1. The number of anilines is 1. The Balaban J connectivity index is 1.71. The monoisotopic (exact) mass is 362 g/mol. The van der Waals surface area contributed by atoms with Crippen LogP contribution in [0, 0.1) is 5.82 Å². The summed E-state index contributed by atoms with van der Waals surface area (Å²) in [6, 6.07) is 12.9. The molecule has 0 unspecified atom stereocenters. The number of morpholine rings is 1. The van der Waals surface area contributed by atoms with E-state index in [9.17, 15) is 4.39 Å². The summed E-state index contributed by atoms with van der Waals surface area (Å²) in [6.45, 7) is 7.24. The standard InChI is InChI=1S/C20H24ClFN2O/c1-14-11-24(12-15(2)25-14)13-16-6-3-4-9-20(16)23-10-17-18(21)7-5-8-19(17)22/h3-9,14-15,23H,10-13H2,1-2H3/t14-,15-/m0/s1. The van der Waals surface area contributed by atoms with Crippen molar-refractivity contribution in [1.29, 1.82) is 0 Å². The Morgan fingerprint density at radius 1 is 1.12 bits per heavy atom. The molecule has 0 saturated carbocycles. The number of ether oxygens (including phenoxy) is 1. The van der Waals surface area contributed by atoms with Crippen LogP contribution in [0.25, 0.3) is 0 Å². The normalized spacial score (nSPS) is 21.3. The van der Waals surface area contributed by atoms with Gasteiger partial charge in [0.15, 0.2) is 0 Å². The van der Waals surface area contributed by atoms with Gasteiger partial charge in [-0.05, 0) is 37.6 Å². The van der Waals surface area contributed by atoms with Gasteiger partial charge < -0.3 is 10.1 Å². The Labute approximate surface area is 153 Å². The van der Waals surface area contributed by atoms with Crippen LogP contribution < -0.4 is 5.32 Å². The lowest BCUT2D eigenvalue weighted by atomic mass is 10.1. The zero-order chi connectivity index (χ0) is 17.8. The van der Waals surface area contributed by atoms with Crippen molar-refractivity contribution in [1.82, 2.24) is 4.90 Å². The van der Waals surface area contributed by atoms with Gasteiger partial charge >= 0.3 is 0 Å². The van der Waals surface area contributed by atoms with E-state index in [4.69, 9.17) is 16.3 Å². The molecule has 3 nitrogen and oxygen atoms in total. The molecule has 1 aliphatic rings. The van der Waals surface area contributed by atoms with E-state index in [-0.39, 0.29) is 18.0 Å². The van der Waals surface area contributed by atoms with Gasteiger partial charge in [0.05, 0.1) is 12.2 Å². The lowest BCUT2D eigenvalue weighted by Crippen LogP contribution is -2.44. The topological polar surface area (TPSA) is 24.5 Å². The van der Waals surface area contributed by atoms with E-state index in [0.29, 0.717) is 17.1 Å². The van der Waals surface area contributed by atoms with E-state index in [0.717, 1.165) is 25.3 Å². The molecule has 134 valence electrons. The third-order valence-electron chi connectivity index (χ3n) is 4.42. The van der Waals surface area contributed by atoms with Crippen molar-refractivity contribution in [2.45, 2.75) is 39.1 Å². The highest BCUT2D eigenvalue weighted by molar-refractivity contribution is 6.31. The van der Waals surface area contributed by atoms with Crippen molar-refractivity contribution >= 4 is 17.3 Å². The van der Waals surface area contributed by atoms with Crippen molar-refractivity contribution in [2.75, 3.05) is 18.4 Å². The lowest BCUT2D eigenvalue weighted by Gasteiger charge is -2.35. The van der Waals surface area contributed by atoms with Crippen molar-refractivity contribution in [3.63, 3.8) is 0 Å². The molecule has 3 rings (SSSR count). The van der Waals surface area contributed by atoms with Gasteiger partial charge in [0.2, 0.25) is 0 Å². The highest BCUT2D eigenvalue weighted by atomic mass is 35.5. The van der Waals surface area contributed by atoms with Gasteiger partial charge in [-0.1, -0.05) is 35.9 Å². The Hall–Kier alpha value is -1.62. The lowest BCUT2D eigenvalue weighted by molar-refractivity contribution is -0.0704. The van der Waals surface area contributed by atoms with Gasteiger partial charge in [-0.25, -0.2) is 4.39 Å². The third-order valence-corrected chi connectivity index (χ3v) is 4.78. The maximum Gasteiger partial charge on any atom is 0.129 e. The average molecular weight is 363 g/mol. The average Bonchev–Trinajstić information content (AvgIpc) is 2.55. The summed E-state index contributed by atoms with van der Waals surface area (Å²) in [7, 11) is 0. The van der Waals surface area contributed by atoms with Gasteiger partial charge in [0, 0.05) is 42.5 Å². The van der Waals surface area contributed by atoms with Gasteiger partial charge in [0.25, 0.3) is 0 Å². The number of nitrogens with one attached hydrogen (secondary N) is 1. The van der Waals surface area contributed by atoms with Gasteiger partial charge in [0.1, 0.15) is 5.82 Å². The largest absolute Gasteiger partial charge is 0.381 e. The van der Waals surface area contributed by atoms with E-state index in [1.807, 2.05) is 18.2 Å². The van der Waals surface area contributed by atoms with Crippen LogP contribution in [0.5, 0.6) is 0 Å². The number of benzene rings is 2. The highest BCUT2D eigenvalue weighted by Gasteiger charge is 2.22. The summed E-state index contributed by atoms with van der Waals surface area (Å²) in [6.07, 6.45) is 0.474. The molecular weight excluding hydrogens is 339 g/mol. The molecule has 0 aliphatic carbocycles. The Morgan fingerprint density at radius 2 is 1.84 bits per heavy atom. The maximum absolute atomic E-state index is 14.0. The van der Waals surface area contributed by atoms with E-state index in [2.05, 4.69) is 30.1 Å². The van der Waals surface area contributed by atoms with Crippen LogP contribution in [0.4, 0.5) is 10.1 Å². The quantitative estimate of drug-likeness (QED) is 0.834. The second-order valence-electron chi connectivity index (χ2n) is 6.66. The van der Waals surface area contributed by atoms with Crippen LogP contribution in [0.15, 0.2) is 42.5 Å². The third kappa shape index (κ3) is 4.72. The Kier molecular flexibility index (Phi) is 5.94. The Morgan fingerprint density at radius 3 is 2.56 bits per heavy atom. The van der Waals surface area contributed by atoms with Crippen LogP contribution in [0.1, 0.15) is 25.0 Å². The molecule has 2 aromatic carbocycles. The molecule has 2 atom stereocenters. The Bertz CT molecular complexity index is 694. The van der Waals surface area contributed by atoms with Gasteiger partial charge in [-0.2, -0.15) is 0 Å². The molecular formula is C20H24ClFN2O. The minimum Gasteiger partial charge on any atom is -0.381 e. The van der Waals surface area contributed by atoms with E-state index in [1.54, 1.807) is 12.1 Å². The van der Waals surface area contributed by atoms with Crippen molar-refractivity contribution in [2.24, 2.45) is 0 Å². The summed E-state index contributed by atoms with van der Waals surface area (Å²) in [5, 5.41) is 3.79. The zero-order valence-electron chi connectivity index (χ0n) is 14.6. The fourth-order valence-corrected chi connectivity index (χ4v) is 3.60. The number of rotatable bonds is 5. The maximum atomic E-state index is 14.0. The molecule has 1 fully saturated rings. The summed E-state index contributed by atoms with van der Waals surface area (Å²) < 4.78 is 19.8. The molecule has 1 N–H and O–H groups in total. The summed E-state index contributed by atoms with van der Waals surface area (Å²) in [5.74, 6) is -0.284. The zero-order valence-corrected chi connectivity index (χ0v) is 15.4. The smallest absolute Gasteiger partial charge is 0.129 e. The molecule has 25 heavy (non-hydrogen) atoms. The van der Waals surface area contributed by atoms with E-state index >= 15 is 0 Å². The second-order valence-corrected chi connectivity index (χ2v) is 7.07. The molecule has 1 saturated heterocycles.